The molecule has 0 saturated heterocycles. The van der Waals surface area contributed by atoms with Gasteiger partial charge in [0.05, 0.1) is 38.1 Å². The average Bonchev–Trinajstić information content (AvgIpc) is 2.28. The molecule has 0 aliphatic rings. The summed E-state index contributed by atoms with van der Waals surface area (Å²) in [6.45, 7) is -1.15. The molecule has 0 amide bonds. The van der Waals surface area contributed by atoms with Crippen molar-refractivity contribution in [2.24, 2.45) is 0 Å². The van der Waals surface area contributed by atoms with E-state index in [9.17, 15) is 15.3 Å². The maximum Gasteiger partial charge on any atom is 0.0897 e. The fourth-order valence-corrected chi connectivity index (χ4v) is 1.29. The van der Waals surface area contributed by atoms with Crippen LogP contribution in [-0.2, 0) is 0 Å². The summed E-state index contributed by atoms with van der Waals surface area (Å²) in [5.74, 6) is 0. The molecule has 0 aliphatic heterocycles. The maximum atomic E-state index is 9.22. The first-order chi connectivity index (χ1) is 7.53. The summed E-state index contributed by atoms with van der Waals surface area (Å²) in [5.41, 5.74) is 0. The average molecular weight is 239 g/mol. The number of nitrogens with zero attached hydrogens (tertiary/aromatic N) is 1. The van der Waals surface area contributed by atoms with Crippen molar-refractivity contribution in [2.75, 3.05) is 39.5 Å². The van der Waals surface area contributed by atoms with Crippen LogP contribution in [0.2, 0.25) is 0 Å². The molecule has 0 heterocycles. The van der Waals surface area contributed by atoms with Crippen molar-refractivity contribution in [3.63, 3.8) is 0 Å². The molecule has 7 nitrogen and oxygen atoms in total. The second kappa shape index (κ2) is 8.82. The Kier molecular flexibility index (Phi) is 8.67. The number of rotatable bonds is 9. The van der Waals surface area contributed by atoms with Crippen molar-refractivity contribution in [1.82, 2.24) is 4.90 Å². The largest absolute Gasteiger partial charge is 0.394 e. The van der Waals surface area contributed by atoms with Crippen molar-refractivity contribution < 1.29 is 30.6 Å². The van der Waals surface area contributed by atoms with Crippen LogP contribution in [0.3, 0.4) is 0 Å². The monoisotopic (exact) mass is 239 g/mol. The Labute approximate surface area is 94.2 Å². The molecule has 7 heteroatoms. The van der Waals surface area contributed by atoms with Gasteiger partial charge < -0.3 is 30.6 Å². The lowest BCUT2D eigenvalue weighted by Gasteiger charge is -2.27. The Balaban J connectivity index is 4.15. The maximum absolute atomic E-state index is 9.22. The van der Waals surface area contributed by atoms with Crippen LogP contribution < -0.4 is 0 Å². The minimum atomic E-state index is -0.989. The lowest BCUT2D eigenvalue weighted by Crippen LogP contribution is -2.44. The Morgan fingerprint density at radius 3 is 1.06 bits per heavy atom. The molecule has 0 rings (SSSR count). The summed E-state index contributed by atoms with van der Waals surface area (Å²) in [6, 6.07) is 0. The van der Waals surface area contributed by atoms with Crippen LogP contribution in [0.4, 0.5) is 0 Å². The van der Waals surface area contributed by atoms with Gasteiger partial charge in [-0.1, -0.05) is 0 Å². The Bertz CT molecular complexity index is 142. The third-order valence-electron chi connectivity index (χ3n) is 2.04. The number of aliphatic hydroxyl groups is 6. The van der Waals surface area contributed by atoms with E-state index in [1.807, 2.05) is 0 Å². The zero-order valence-electron chi connectivity index (χ0n) is 9.11. The summed E-state index contributed by atoms with van der Waals surface area (Å²) < 4.78 is 0. The van der Waals surface area contributed by atoms with Crippen molar-refractivity contribution in [2.45, 2.75) is 18.3 Å². The summed E-state index contributed by atoms with van der Waals surface area (Å²) in [5, 5.41) is 53.7. The highest BCUT2D eigenvalue weighted by Gasteiger charge is 2.17. The van der Waals surface area contributed by atoms with Gasteiger partial charge in [-0.2, -0.15) is 0 Å². The first-order valence-electron chi connectivity index (χ1n) is 5.12. The molecular formula is C9H21NO6. The van der Waals surface area contributed by atoms with Gasteiger partial charge in [0.1, 0.15) is 0 Å². The minimum absolute atomic E-state index is 0.0463. The summed E-state index contributed by atoms with van der Waals surface area (Å²) in [4.78, 5) is 1.46. The normalized spacial score (nSPS) is 17.4. The Hall–Kier alpha value is -0.280. The molecular weight excluding hydrogens is 218 g/mol. The molecule has 0 spiro atoms. The molecule has 6 N–H and O–H groups in total. The molecule has 0 aromatic heterocycles. The lowest BCUT2D eigenvalue weighted by atomic mass is 10.2. The second-order valence-corrected chi connectivity index (χ2v) is 3.73. The van der Waals surface area contributed by atoms with E-state index in [1.54, 1.807) is 0 Å². The van der Waals surface area contributed by atoms with Crippen molar-refractivity contribution >= 4 is 0 Å². The SMILES string of the molecule is OCC(O)CN(CC(O)CO)CC(O)CO. The van der Waals surface area contributed by atoms with E-state index in [2.05, 4.69) is 0 Å². The van der Waals surface area contributed by atoms with Gasteiger partial charge in [0.2, 0.25) is 0 Å². The highest BCUT2D eigenvalue weighted by atomic mass is 16.3. The topological polar surface area (TPSA) is 125 Å². The molecule has 98 valence electrons. The smallest absolute Gasteiger partial charge is 0.0897 e. The molecule has 0 fully saturated rings. The van der Waals surface area contributed by atoms with Gasteiger partial charge in [-0.3, -0.25) is 4.90 Å². The Morgan fingerprint density at radius 2 is 0.875 bits per heavy atom. The molecule has 0 saturated carbocycles. The first kappa shape index (κ1) is 15.7. The molecule has 0 radical (unpaired) electrons. The highest BCUT2D eigenvalue weighted by Crippen LogP contribution is 1.98. The van der Waals surface area contributed by atoms with Crippen LogP contribution in [0.5, 0.6) is 0 Å². The van der Waals surface area contributed by atoms with Gasteiger partial charge in [0, 0.05) is 19.6 Å². The van der Waals surface area contributed by atoms with E-state index in [4.69, 9.17) is 15.3 Å². The third kappa shape index (κ3) is 7.07. The van der Waals surface area contributed by atoms with E-state index in [1.165, 1.54) is 4.90 Å². The van der Waals surface area contributed by atoms with Gasteiger partial charge in [0.25, 0.3) is 0 Å². The van der Waals surface area contributed by atoms with Crippen LogP contribution in [0.1, 0.15) is 0 Å². The van der Waals surface area contributed by atoms with Crippen molar-refractivity contribution in [1.29, 1.82) is 0 Å². The summed E-state index contributed by atoms with van der Waals surface area (Å²) in [7, 11) is 0. The quantitative estimate of drug-likeness (QED) is 0.245. The predicted molar refractivity (Wildman–Crippen MR) is 55.7 cm³/mol. The van der Waals surface area contributed by atoms with Crippen LogP contribution in [0, 0.1) is 0 Å². The van der Waals surface area contributed by atoms with Crippen LogP contribution in [0.15, 0.2) is 0 Å². The highest BCUT2D eigenvalue weighted by molar-refractivity contribution is 4.71. The fourth-order valence-electron chi connectivity index (χ4n) is 1.29. The molecule has 0 aliphatic carbocycles. The standard InChI is InChI=1S/C9H21NO6/c11-4-7(14)1-10(2-8(15)5-12)3-9(16)6-13/h7-9,11-16H,1-6H2. The van der Waals surface area contributed by atoms with Gasteiger partial charge in [0.15, 0.2) is 0 Å². The molecule has 0 aromatic carbocycles. The zero-order chi connectivity index (χ0) is 12.6. The number of aliphatic hydroxyl groups excluding tert-OH is 6. The van der Waals surface area contributed by atoms with E-state index >= 15 is 0 Å². The molecule has 3 unspecified atom stereocenters. The fraction of sp³-hybridized carbons (Fsp3) is 1.00. The van der Waals surface area contributed by atoms with Crippen LogP contribution in [-0.4, -0.2) is 93.3 Å². The zero-order valence-corrected chi connectivity index (χ0v) is 9.11. The van der Waals surface area contributed by atoms with Crippen LogP contribution >= 0.6 is 0 Å². The molecule has 0 aromatic rings. The summed E-state index contributed by atoms with van der Waals surface area (Å²) >= 11 is 0. The van der Waals surface area contributed by atoms with Gasteiger partial charge >= 0.3 is 0 Å². The lowest BCUT2D eigenvalue weighted by molar-refractivity contribution is -0.00388. The minimum Gasteiger partial charge on any atom is -0.394 e. The van der Waals surface area contributed by atoms with E-state index in [0.717, 1.165) is 0 Å². The van der Waals surface area contributed by atoms with E-state index in [-0.39, 0.29) is 19.6 Å². The molecule has 16 heavy (non-hydrogen) atoms. The second-order valence-electron chi connectivity index (χ2n) is 3.73. The van der Waals surface area contributed by atoms with Gasteiger partial charge in [-0.15, -0.1) is 0 Å². The van der Waals surface area contributed by atoms with E-state index < -0.39 is 38.1 Å². The predicted octanol–water partition coefficient (Wildman–Crippen LogP) is -3.65. The van der Waals surface area contributed by atoms with Crippen molar-refractivity contribution in [3.05, 3.63) is 0 Å². The number of hydrogen-bond donors (Lipinski definition) is 6. The molecule has 0 bridgehead atoms. The third-order valence-corrected chi connectivity index (χ3v) is 2.04. The van der Waals surface area contributed by atoms with Gasteiger partial charge in [-0.25, -0.2) is 0 Å². The van der Waals surface area contributed by atoms with Crippen molar-refractivity contribution in [3.8, 4) is 0 Å². The Morgan fingerprint density at radius 1 is 0.625 bits per heavy atom. The number of hydrogen-bond acceptors (Lipinski definition) is 7. The molecule has 3 atom stereocenters. The van der Waals surface area contributed by atoms with E-state index in [0.29, 0.717) is 0 Å². The van der Waals surface area contributed by atoms with Crippen LogP contribution in [0.25, 0.3) is 0 Å². The summed E-state index contributed by atoms with van der Waals surface area (Å²) in [6.07, 6.45) is -2.97. The van der Waals surface area contributed by atoms with Gasteiger partial charge in [-0.05, 0) is 0 Å². The first-order valence-corrected chi connectivity index (χ1v) is 5.12.